The Labute approximate surface area is 223 Å². The quantitative estimate of drug-likeness (QED) is 0.290. The molecule has 1 heterocycles. The molecule has 1 aromatic heterocycles. The summed E-state index contributed by atoms with van der Waals surface area (Å²) in [5, 5.41) is 14.4. The summed E-state index contributed by atoms with van der Waals surface area (Å²) in [5.41, 5.74) is 2.26. The maximum atomic E-state index is 13.9. The Balaban J connectivity index is 1.53. The van der Waals surface area contributed by atoms with Crippen LogP contribution in [0.2, 0.25) is 0 Å². The summed E-state index contributed by atoms with van der Waals surface area (Å²) in [6, 6.07) is 18.6. The number of nitrogens with zero attached hydrogens (tertiary/aromatic N) is 3. The summed E-state index contributed by atoms with van der Waals surface area (Å²) in [5.74, 6) is 0.180. The monoisotopic (exact) mass is 535 g/mol. The predicted octanol–water partition coefficient (Wildman–Crippen LogP) is 4.39. The number of methoxy groups -OCH3 is 2. The number of amides is 2. The third kappa shape index (κ3) is 6.48. The molecule has 3 aromatic carbocycles. The number of thioether (sulfide) groups is 1. The number of hydrogen-bond donors (Lipinski definition) is 2. The van der Waals surface area contributed by atoms with Gasteiger partial charge in [0, 0.05) is 17.3 Å². The molecule has 0 aliphatic rings. The van der Waals surface area contributed by atoms with Crippen molar-refractivity contribution in [3.8, 4) is 17.2 Å². The highest BCUT2D eigenvalue weighted by Gasteiger charge is 2.18. The Morgan fingerprint density at radius 1 is 0.974 bits per heavy atom. The lowest BCUT2D eigenvalue weighted by molar-refractivity contribution is -0.113. The number of para-hydroxylation sites is 1. The minimum absolute atomic E-state index is 0.0196. The number of carbonyl (C=O) groups excluding carboxylic acids is 2. The normalized spacial score (nSPS) is 10.6. The topological polar surface area (TPSA) is 107 Å². The molecule has 0 atom stereocenters. The number of carbonyl (C=O) groups is 2. The minimum Gasteiger partial charge on any atom is -0.497 e. The highest BCUT2D eigenvalue weighted by molar-refractivity contribution is 7.99. The van der Waals surface area contributed by atoms with Crippen LogP contribution >= 0.6 is 11.8 Å². The molecule has 0 saturated heterocycles. The number of aromatic nitrogens is 3. The Hall–Kier alpha value is -4.38. The number of benzene rings is 3. The van der Waals surface area contributed by atoms with E-state index in [9.17, 15) is 14.0 Å². The first-order chi connectivity index (χ1) is 18.4. The first kappa shape index (κ1) is 26.7. The third-order valence-corrected chi connectivity index (χ3v) is 6.39. The molecule has 0 aliphatic carbocycles. The maximum absolute atomic E-state index is 13.9. The molecule has 2 amide bonds. The number of hydrogen-bond acceptors (Lipinski definition) is 7. The fourth-order valence-electron chi connectivity index (χ4n) is 3.61. The molecule has 4 rings (SSSR count). The standard InChI is InChI=1S/C27H26FN5O4S/c1-17-7-6-8-19(11-17)33-24(15-29-26(35)18-12-20(36-2)14-21(13-18)37-3)31-32-27(33)38-16-25(34)30-23-10-5-4-9-22(23)28/h4-14H,15-16H2,1-3H3,(H,29,35)(H,30,34). The molecule has 38 heavy (non-hydrogen) atoms. The van der Waals surface area contributed by atoms with Crippen LogP contribution in [0.15, 0.2) is 71.9 Å². The zero-order valence-corrected chi connectivity index (χ0v) is 21.8. The number of nitrogens with one attached hydrogen (secondary N) is 2. The summed E-state index contributed by atoms with van der Waals surface area (Å²) in [4.78, 5) is 25.4. The Morgan fingerprint density at radius 2 is 1.71 bits per heavy atom. The summed E-state index contributed by atoms with van der Waals surface area (Å²) in [6.07, 6.45) is 0. The molecule has 0 fully saturated rings. The van der Waals surface area contributed by atoms with Gasteiger partial charge in [0.25, 0.3) is 5.91 Å². The van der Waals surface area contributed by atoms with E-state index in [0.29, 0.717) is 28.0 Å². The van der Waals surface area contributed by atoms with Crippen LogP contribution in [0.4, 0.5) is 10.1 Å². The van der Waals surface area contributed by atoms with Gasteiger partial charge in [-0.25, -0.2) is 4.39 Å². The van der Waals surface area contributed by atoms with E-state index in [1.54, 1.807) is 34.9 Å². The smallest absolute Gasteiger partial charge is 0.251 e. The lowest BCUT2D eigenvalue weighted by atomic mass is 10.2. The number of halogens is 1. The van der Waals surface area contributed by atoms with Crippen molar-refractivity contribution < 1.29 is 23.5 Å². The molecule has 0 radical (unpaired) electrons. The highest BCUT2D eigenvalue weighted by Crippen LogP contribution is 2.25. The molecular formula is C27H26FN5O4S. The average molecular weight is 536 g/mol. The SMILES string of the molecule is COc1cc(OC)cc(C(=O)NCc2nnc(SCC(=O)Nc3ccccc3F)n2-c2cccc(C)c2)c1. The van der Waals surface area contributed by atoms with Gasteiger partial charge < -0.3 is 20.1 Å². The van der Waals surface area contributed by atoms with Crippen LogP contribution in [0, 0.1) is 12.7 Å². The van der Waals surface area contributed by atoms with Gasteiger partial charge in [-0.05, 0) is 48.9 Å². The lowest BCUT2D eigenvalue weighted by Gasteiger charge is -2.12. The van der Waals surface area contributed by atoms with Crippen LogP contribution in [0.5, 0.6) is 11.5 Å². The van der Waals surface area contributed by atoms with Crippen LogP contribution in [-0.2, 0) is 11.3 Å². The number of ether oxygens (including phenoxy) is 2. The summed E-state index contributed by atoms with van der Waals surface area (Å²) in [6.45, 7) is 2.03. The van der Waals surface area contributed by atoms with Gasteiger partial charge in [-0.3, -0.25) is 14.2 Å². The predicted molar refractivity (Wildman–Crippen MR) is 143 cm³/mol. The molecule has 0 spiro atoms. The van der Waals surface area contributed by atoms with E-state index in [1.165, 1.54) is 26.4 Å². The first-order valence-corrected chi connectivity index (χ1v) is 12.6. The zero-order valence-electron chi connectivity index (χ0n) is 21.0. The van der Waals surface area contributed by atoms with Gasteiger partial charge in [-0.15, -0.1) is 10.2 Å². The van der Waals surface area contributed by atoms with Gasteiger partial charge in [0.2, 0.25) is 5.91 Å². The fraction of sp³-hybridized carbons (Fsp3) is 0.185. The van der Waals surface area contributed by atoms with Gasteiger partial charge in [-0.1, -0.05) is 36.0 Å². The van der Waals surface area contributed by atoms with E-state index >= 15 is 0 Å². The molecule has 0 saturated carbocycles. The number of rotatable bonds is 10. The first-order valence-electron chi connectivity index (χ1n) is 11.6. The number of aryl methyl sites for hydroxylation is 1. The second-order valence-electron chi connectivity index (χ2n) is 8.17. The van der Waals surface area contributed by atoms with Crippen molar-refractivity contribution in [3.63, 3.8) is 0 Å². The van der Waals surface area contributed by atoms with Crippen LogP contribution < -0.4 is 20.1 Å². The van der Waals surface area contributed by atoms with E-state index in [4.69, 9.17) is 9.47 Å². The molecule has 0 unspecified atom stereocenters. The van der Waals surface area contributed by atoms with Gasteiger partial charge in [0.1, 0.15) is 17.3 Å². The Bertz CT molecular complexity index is 1440. The molecule has 196 valence electrons. The highest BCUT2D eigenvalue weighted by atomic mass is 32.2. The molecule has 11 heteroatoms. The van der Waals surface area contributed by atoms with Crippen molar-refractivity contribution in [2.24, 2.45) is 0 Å². The summed E-state index contributed by atoms with van der Waals surface area (Å²) >= 11 is 1.15. The van der Waals surface area contributed by atoms with Crippen molar-refractivity contribution in [3.05, 3.63) is 89.5 Å². The van der Waals surface area contributed by atoms with Crippen LogP contribution in [0.3, 0.4) is 0 Å². The largest absolute Gasteiger partial charge is 0.497 e. The van der Waals surface area contributed by atoms with Gasteiger partial charge >= 0.3 is 0 Å². The zero-order chi connectivity index (χ0) is 27.1. The van der Waals surface area contributed by atoms with E-state index in [2.05, 4.69) is 20.8 Å². The molecule has 9 nitrogen and oxygen atoms in total. The average Bonchev–Trinajstić information content (AvgIpc) is 3.34. The Morgan fingerprint density at radius 3 is 2.39 bits per heavy atom. The van der Waals surface area contributed by atoms with E-state index in [1.807, 2.05) is 31.2 Å². The maximum Gasteiger partial charge on any atom is 0.251 e. The lowest BCUT2D eigenvalue weighted by Crippen LogP contribution is -2.24. The van der Waals surface area contributed by atoms with E-state index in [-0.39, 0.29) is 29.8 Å². The minimum atomic E-state index is -0.513. The van der Waals surface area contributed by atoms with E-state index in [0.717, 1.165) is 23.0 Å². The van der Waals surface area contributed by atoms with Gasteiger partial charge in [0.05, 0.1) is 32.2 Å². The van der Waals surface area contributed by atoms with Crippen LogP contribution in [-0.4, -0.2) is 46.6 Å². The summed E-state index contributed by atoms with van der Waals surface area (Å²) in [7, 11) is 3.02. The van der Waals surface area contributed by atoms with Crippen LogP contribution in [0.25, 0.3) is 5.69 Å². The summed E-state index contributed by atoms with van der Waals surface area (Å²) < 4.78 is 26.2. The molecule has 0 bridgehead atoms. The van der Waals surface area contributed by atoms with Crippen LogP contribution in [0.1, 0.15) is 21.7 Å². The third-order valence-electron chi connectivity index (χ3n) is 5.46. The Kier molecular flexibility index (Phi) is 8.59. The molecule has 0 aliphatic heterocycles. The van der Waals surface area contributed by atoms with Gasteiger partial charge in [0.15, 0.2) is 11.0 Å². The van der Waals surface area contributed by atoms with Crippen molar-refractivity contribution in [2.45, 2.75) is 18.6 Å². The second kappa shape index (κ2) is 12.2. The van der Waals surface area contributed by atoms with Crippen molar-refractivity contribution >= 4 is 29.3 Å². The molecule has 2 N–H and O–H groups in total. The molecule has 4 aromatic rings. The fourth-order valence-corrected chi connectivity index (χ4v) is 4.38. The molecular weight excluding hydrogens is 509 g/mol. The number of anilines is 1. The van der Waals surface area contributed by atoms with Crippen molar-refractivity contribution in [1.29, 1.82) is 0 Å². The van der Waals surface area contributed by atoms with Crippen molar-refractivity contribution in [1.82, 2.24) is 20.1 Å². The van der Waals surface area contributed by atoms with Gasteiger partial charge in [-0.2, -0.15) is 0 Å². The van der Waals surface area contributed by atoms with Crippen molar-refractivity contribution in [2.75, 3.05) is 25.3 Å². The van der Waals surface area contributed by atoms with E-state index < -0.39 is 5.82 Å². The second-order valence-corrected chi connectivity index (χ2v) is 9.12.